The van der Waals surface area contributed by atoms with Crippen molar-refractivity contribution < 1.29 is 9.21 Å². The van der Waals surface area contributed by atoms with E-state index < -0.39 is 0 Å². The topological polar surface area (TPSA) is 58.4 Å². The Hall–Kier alpha value is -1.85. The lowest BCUT2D eigenvalue weighted by atomic mass is 9.96. The van der Waals surface area contributed by atoms with Crippen LogP contribution in [0, 0.1) is 12.8 Å². The van der Waals surface area contributed by atoms with E-state index in [1.165, 1.54) is 12.0 Å². The molecule has 1 aliphatic heterocycles. The molecule has 1 fully saturated rings. The summed E-state index contributed by atoms with van der Waals surface area (Å²) >= 11 is 6.23. The van der Waals surface area contributed by atoms with Crippen molar-refractivity contribution in [2.45, 2.75) is 26.3 Å². The van der Waals surface area contributed by atoms with E-state index in [4.69, 9.17) is 16.0 Å². The molecule has 1 aromatic heterocycles. The molecule has 0 bridgehead atoms. The number of piperidine rings is 1. The van der Waals surface area contributed by atoms with Crippen LogP contribution in [-0.2, 0) is 6.54 Å². The third-order valence-corrected chi connectivity index (χ3v) is 4.94. The first kappa shape index (κ1) is 17.0. The highest BCUT2D eigenvalue weighted by Crippen LogP contribution is 2.22. The molecule has 5 nitrogen and oxygen atoms in total. The summed E-state index contributed by atoms with van der Waals surface area (Å²) in [5.74, 6) is 0.908. The second kappa shape index (κ2) is 7.81. The van der Waals surface area contributed by atoms with Gasteiger partial charge in [0.15, 0.2) is 12.1 Å². The Morgan fingerprint density at radius 3 is 2.79 bits per heavy atom. The number of aryl methyl sites for hydroxylation is 1. The van der Waals surface area contributed by atoms with Crippen molar-refractivity contribution in [3.05, 3.63) is 52.7 Å². The number of aromatic nitrogens is 1. The number of oxazole rings is 1. The first-order valence-corrected chi connectivity index (χ1v) is 8.65. The van der Waals surface area contributed by atoms with Crippen molar-refractivity contribution in [1.82, 2.24) is 15.2 Å². The van der Waals surface area contributed by atoms with Gasteiger partial charge in [-0.25, -0.2) is 4.98 Å². The molecule has 0 aliphatic carbocycles. The number of halogens is 1. The number of carbonyl (C=O) groups is 1. The van der Waals surface area contributed by atoms with Gasteiger partial charge in [0.05, 0.1) is 0 Å². The average molecular weight is 348 g/mol. The molecule has 2 heterocycles. The Morgan fingerprint density at radius 2 is 2.12 bits per heavy atom. The van der Waals surface area contributed by atoms with Crippen molar-refractivity contribution in [2.75, 3.05) is 19.6 Å². The van der Waals surface area contributed by atoms with Gasteiger partial charge in [0, 0.05) is 18.1 Å². The third-order valence-electron chi connectivity index (χ3n) is 4.57. The van der Waals surface area contributed by atoms with Crippen LogP contribution in [0.15, 0.2) is 35.1 Å². The van der Waals surface area contributed by atoms with Crippen molar-refractivity contribution in [3.63, 3.8) is 0 Å². The number of rotatable bonds is 5. The van der Waals surface area contributed by atoms with E-state index in [2.05, 4.69) is 21.3 Å². The molecule has 2 aromatic rings. The number of benzene rings is 1. The molecule has 1 amide bonds. The summed E-state index contributed by atoms with van der Waals surface area (Å²) in [5.41, 5.74) is 1.55. The van der Waals surface area contributed by atoms with Crippen LogP contribution >= 0.6 is 11.6 Å². The van der Waals surface area contributed by atoms with Crippen LogP contribution in [0.3, 0.4) is 0 Å². The molecule has 1 aromatic carbocycles. The van der Waals surface area contributed by atoms with Gasteiger partial charge < -0.3 is 9.73 Å². The molecule has 0 radical (unpaired) electrons. The van der Waals surface area contributed by atoms with Crippen molar-refractivity contribution in [2.24, 2.45) is 5.92 Å². The maximum Gasteiger partial charge on any atom is 0.273 e. The standard InChI is InChI=1S/C18H22ClN3O2/c1-13-17(21-12-24-13)18(23)20-10-14-6-8-22(9-7-14)11-15-4-2-3-5-16(15)19/h2-5,12,14H,6-11H2,1H3,(H,20,23). The molecule has 24 heavy (non-hydrogen) atoms. The second-order valence-corrected chi connectivity index (χ2v) is 6.69. The Balaban J connectivity index is 1.43. The Bertz CT molecular complexity index is 693. The van der Waals surface area contributed by atoms with Gasteiger partial charge in [-0.15, -0.1) is 0 Å². The zero-order valence-corrected chi connectivity index (χ0v) is 14.6. The van der Waals surface area contributed by atoms with Gasteiger partial charge in [0.2, 0.25) is 0 Å². The van der Waals surface area contributed by atoms with Gasteiger partial charge in [0.25, 0.3) is 5.91 Å². The predicted octanol–water partition coefficient (Wildman–Crippen LogP) is 3.28. The summed E-state index contributed by atoms with van der Waals surface area (Å²) in [6.45, 7) is 5.36. The number of carbonyl (C=O) groups excluding carboxylic acids is 1. The van der Waals surface area contributed by atoms with Gasteiger partial charge in [0.1, 0.15) is 5.76 Å². The molecule has 0 spiro atoms. The lowest BCUT2D eigenvalue weighted by Crippen LogP contribution is -2.38. The quantitative estimate of drug-likeness (QED) is 0.901. The molecule has 3 rings (SSSR count). The van der Waals surface area contributed by atoms with Crippen LogP contribution in [0.5, 0.6) is 0 Å². The predicted molar refractivity (Wildman–Crippen MR) is 93.0 cm³/mol. The molecule has 1 saturated heterocycles. The molecule has 1 N–H and O–H groups in total. The molecule has 0 saturated carbocycles. The normalized spacial score (nSPS) is 16.2. The molecule has 6 heteroatoms. The molecule has 0 atom stereocenters. The van der Waals surface area contributed by atoms with Crippen molar-refractivity contribution >= 4 is 17.5 Å². The zero-order chi connectivity index (χ0) is 16.9. The first-order valence-electron chi connectivity index (χ1n) is 8.27. The van der Waals surface area contributed by atoms with E-state index in [9.17, 15) is 4.79 Å². The summed E-state index contributed by atoms with van der Waals surface area (Å²) in [4.78, 5) is 18.4. The van der Waals surface area contributed by atoms with Gasteiger partial charge in [-0.05, 0) is 50.4 Å². The summed E-state index contributed by atoms with van der Waals surface area (Å²) < 4.78 is 5.07. The number of amides is 1. The average Bonchev–Trinajstić information content (AvgIpc) is 3.02. The summed E-state index contributed by atoms with van der Waals surface area (Å²) in [5, 5.41) is 3.80. The lowest BCUT2D eigenvalue weighted by molar-refractivity contribution is 0.0929. The summed E-state index contributed by atoms with van der Waals surface area (Å²) in [6, 6.07) is 7.99. The van der Waals surface area contributed by atoms with Crippen LogP contribution in [0.1, 0.15) is 34.7 Å². The van der Waals surface area contributed by atoms with Crippen LogP contribution < -0.4 is 5.32 Å². The van der Waals surface area contributed by atoms with Gasteiger partial charge >= 0.3 is 0 Å². The van der Waals surface area contributed by atoms with Crippen molar-refractivity contribution in [1.29, 1.82) is 0 Å². The number of hydrogen-bond donors (Lipinski definition) is 1. The Morgan fingerprint density at radius 1 is 1.38 bits per heavy atom. The van der Waals surface area contributed by atoms with Gasteiger partial charge in [-0.3, -0.25) is 9.69 Å². The number of nitrogens with one attached hydrogen (secondary N) is 1. The SMILES string of the molecule is Cc1ocnc1C(=O)NCC1CCN(Cc2ccccc2Cl)CC1. The summed E-state index contributed by atoms with van der Waals surface area (Å²) in [7, 11) is 0. The Labute approximate surface area is 147 Å². The second-order valence-electron chi connectivity index (χ2n) is 6.28. The first-order chi connectivity index (χ1) is 11.6. The van der Waals surface area contributed by atoms with Crippen LogP contribution in [0.4, 0.5) is 0 Å². The van der Waals surface area contributed by atoms with E-state index in [1.54, 1.807) is 6.92 Å². The molecular weight excluding hydrogens is 326 g/mol. The minimum Gasteiger partial charge on any atom is -0.448 e. The lowest BCUT2D eigenvalue weighted by Gasteiger charge is -2.32. The minimum absolute atomic E-state index is 0.153. The third kappa shape index (κ3) is 4.16. The van der Waals surface area contributed by atoms with Crippen molar-refractivity contribution in [3.8, 4) is 0 Å². The van der Waals surface area contributed by atoms with E-state index in [0.29, 0.717) is 23.9 Å². The maximum absolute atomic E-state index is 12.1. The fraction of sp³-hybridized carbons (Fsp3) is 0.444. The fourth-order valence-corrected chi connectivity index (χ4v) is 3.26. The van der Waals surface area contributed by atoms with Gasteiger partial charge in [-0.1, -0.05) is 29.8 Å². The van der Waals surface area contributed by atoms with Crippen LogP contribution in [0.25, 0.3) is 0 Å². The number of likely N-dealkylation sites (tertiary alicyclic amines) is 1. The number of nitrogens with zero attached hydrogens (tertiary/aromatic N) is 2. The summed E-state index contributed by atoms with van der Waals surface area (Å²) in [6.07, 6.45) is 3.45. The molecule has 1 aliphatic rings. The number of hydrogen-bond acceptors (Lipinski definition) is 4. The monoisotopic (exact) mass is 347 g/mol. The van der Waals surface area contributed by atoms with Crippen LogP contribution in [-0.4, -0.2) is 35.4 Å². The highest BCUT2D eigenvalue weighted by molar-refractivity contribution is 6.31. The highest BCUT2D eigenvalue weighted by atomic mass is 35.5. The minimum atomic E-state index is -0.153. The van der Waals surface area contributed by atoms with Crippen LogP contribution in [0.2, 0.25) is 5.02 Å². The van der Waals surface area contributed by atoms with Gasteiger partial charge in [-0.2, -0.15) is 0 Å². The highest BCUT2D eigenvalue weighted by Gasteiger charge is 2.21. The van der Waals surface area contributed by atoms with E-state index >= 15 is 0 Å². The molecular formula is C18H22ClN3O2. The fourth-order valence-electron chi connectivity index (χ4n) is 3.06. The zero-order valence-electron chi connectivity index (χ0n) is 13.8. The largest absolute Gasteiger partial charge is 0.448 e. The maximum atomic E-state index is 12.1. The Kier molecular flexibility index (Phi) is 5.53. The smallest absolute Gasteiger partial charge is 0.273 e. The molecule has 128 valence electrons. The van der Waals surface area contributed by atoms with E-state index in [1.807, 2.05) is 18.2 Å². The van der Waals surface area contributed by atoms with E-state index in [-0.39, 0.29) is 5.91 Å². The van der Waals surface area contributed by atoms with E-state index in [0.717, 1.165) is 37.5 Å². The molecule has 0 unspecified atom stereocenters.